The van der Waals surface area contributed by atoms with Crippen LogP contribution in [0.3, 0.4) is 0 Å². The zero-order valence-corrected chi connectivity index (χ0v) is 13.5. The minimum atomic E-state index is 0.532. The Morgan fingerprint density at radius 1 is 1.09 bits per heavy atom. The number of hydrogen-bond acceptors (Lipinski definition) is 6. The Balaban J connectivity index is 1.93. The Morgan fingerprint density at radius 3 is 2.50 bits per heavy atom. The van der Waals surface area contributed by atoms with Gasteiger partial charge < -0.3 is 9.05 Å². The molecule has 0 N–H and O–H groups in total. The molecule has 0 atom stereocenters. The molecule has 0 aliphatic heterocycles. The number of hydrogen-bond donors (Lipinski definition) is 0. The third-order valence-electron chi connectivity index (χ3n) is 3.95. The summed E-state index contributed by atoms with van der Waals surface area (Å²) < 4.78 is 12.5. The van der Waals surface area contributed by atoms with Crippen molar-refractivity contribution in [2.24, 2.45) is 7.05 Å². The van der Waals surface area contributed by atoms with Gasteiger partial charge in [-0.1, -0.05) is 17.2 Å². The Morgan fingerprint density at radius 2 is 1.86 bits per heavy atom. The first-order valence-corrected chi connectivity index (χ1v) is 7.28. The fraction of sp³-hybridized carbons (Fsp3) is 0.467. The summed E-state index contributed by atoms with van der Waals surface area (Å²) in [6.07, 6.45) is 1.33. The summed E-state index contributed by atoms with van der Waals surface area (Å²) >= 11 is 0. The smallest absolute Gasteiger partial charge is 0.231 e. The molecule has 116 valence electrons. The van der Waals surface area contributed by atoms with Crippen molar-refractivity contribution >= 4 is 0 Å². The molecule has 22 heavy (non-hydrogen) atoms. The summed E-state index contributed by atoms with van der Waals surface area (Å²) in [5.41, 5.74) is 4.88. The van der Waals surface area contributed by atoms with E-state index in [1.807, 2.05) is 39.4 Å². The summed E-state index contributed by atoms with van der Waals surface area (Å²) in [6, 6.07) is 0. The lowest BCUT2D eigenvalue weighted by atomic mass is 10.1. The van der Waals surface area contributed by atoms with E-state index >= 15 is 0 Å². The van der Waals surface area contributed by atoms with Gasteiger partial charge in [0.1, 0.15) is 5.76 Å². The van der Waals surface area contributed by atoms with Crippen molar-refractivity contribution in [3.63, 3.8) is 0 Å². The molecule has 0 amide bonds. The molecule has 7 heteroatoms. The monoisotopic (exact) mass is 301 g/mol. The maximum Gasteiger partial charge on any atom is 0.231 e. The first kappa shape index (κ1) is 14.5. The molecule has 0 saturated carbocycles. The van der Waals surface area contributed by atoms with Crippen molar-refractivity contribution in [3.05, 3.63) is 34.3 Å². The average molecular weight is 301 g/mol. The molecule has 3 heterocycles. The SMILES string of the molecule is CCc1noc(C)c1-c1noc(Cc2c(C)nn(C)c2C)n1. The van der Waals surface area contributed by atoms with Gasteiger partial charge >= 0.3 is 0 Å². The molecule has 0 saturated heterocycles. The first-order chi connectivity index (χ1) is 10.5. The second-order valence-electron chi connectivity index (χ2n) is 5.38. The highest BCUT2D eigenvalue weighted by molar-refractivity contribution is 5.59. The molecular formula is C15H19N5O2. The van der Waals surface area contributed by atoms with Crippen molar-refractivity contribution in [1.29, 1.82) is 0 Å². The zero-order chi connectivity index (χ0) is 15.9. The van der Waals surface area contributed by atoms with Crippen molar-refractivity contribution in [2.75, 3.05) is 0 Å². The van der Waals surface area contributed by atoms with E-state index in [2.05, 4.69) is 20.4 Å². The van der Waals surface area contributed by atoms with Gasteiger partial charge in [0, 0.05) is 18.3 Å². The van der Waals surface area contributed by atoms with Crippen LogP contribution in [0.25, 0.3) is 11.4 Å². The van der Waals surface area contributed by atoms with Gasteiger partial charge in [-0.05, 0) is 27.2 Å². The van der Waals surface area contributed by atoms with Crippen LogP contribution >= 0.6 is 0 Å². The second kappa shape index (κ2) is 5.40. The van der Waals surface area contributed by atoms with E-state index in [0.29, 0.717) is 23.9 Å². The number of nitrogens with zero attached hydrogens (tertiary/aromatic N) is 5. The quantitative estimate of drug-likeness (QED) is 0.736. The first-order valence-electron chi connectivity index (χ1n) is 7.28. The number of aryl methyl sites for hydroxylation is 4. The third-order valence-corrected chi connectivity index (χ3v) is 3.95. The molecule has 0 spiro atoms. The van der Waals surface area contributed by atoms with Gasteiger partial charge in [-0.25, -0.2) is 0 Å². The van der Waals surface area contributed by atoms with Crippen molar-refractivity contribution in [3.8, 4) is 11.4 Å². The van der Waals surface area contributed by atoms with E-state index in [9.17, 15) is 0 Å². The van der Waals surface area contributed by atoms with Crippen LogP contribution in [0.15, 0.2) is 9.05 Å². The summed E-state index contributed by atoms with van der Waals surface area (Å²) in [4.78, 5) is 4.49. The van der Waals surface area contributed by atoms with Crippen LogP contribution in [0.4, 0.5) is 0 Å². The highest BCUT2D eigenvalue weighted by Crippen LogP contribution is 2.26. The van der Waals surface area contributed by atoms with Gasteiger partial charge in [0.2, 0.25) is 11.7 Å². The van der Waals surface area contributed by atoms with E-state index in [4.69, 9.17) is 9.05 Å². The maximum absolute atomic E-state index is 5.40. The van der Waals surface area contributed by atoms with Gasteiger partial charge in [0.05, 0.1) is 23.4 Å². The number of rotatable bonds is 4. The summed E-state index contributed by atoms with van der Waals surface area (Å²) in [5.74, 6) is 1.81. The van der Waals surface area contributed by atoms with E-state index in [1.165, 1.54) is 0 Å². The van der Waals surface area contributed by atoms with Gasteiger partial charge in [-0.3, -0.25) is 4.68 Å². The van der Waals surface area contributed by atoms with Crippen LogP contribution in [0, 0.1) is 20.8 Å². The van der Waals surface area contributed by atoms with Crippen LogP contribution in [-0.4, -0.2) is 25.1 Å². The van der Waals surface area contributed by atoms with Crippen LogP contribution in [0.1, 0.15) is 41.2 Å². The lowest BCUT2D eigenvalue weighted by molar-refractivity contribution is 0.384. The minimum absolute atomic E-state index is 0.532. The Bertz CT molecular complexity index is 812. The van der Waals surface area contributed by atoms with E-state index in [1.54, 1.807) is 0 Å². The van der Waals surface area contributed by atoms with Gasteiger partial charge in [0.25, 0.3) is 0 Å². The molecule has 0 bridgehead atoms. The molecule has 0 fully saturated rings. The van der Waals surface area contributed by atoms with Crippen LogP contribution in [0.5, 0.6) is 0 Å². The largest absolute Gasteiger partial charge is 0.361 e. The Labute approximate surface area is 128 Å². The van der Waals surface area contributed by atoms with E-state index in [-0.39, 0.29) is 0 Å². The molecule has 3 aromatic rings. The maximum atomic E-state index is 5.40. The van der Waals surface area contributed by atoms with Gasteiger partial charge in [-0.2, -0.15) is 10.1 Å². The third kappa shape index (κ3) is 2.32. The highest BCUT2D eigenvalue weighted by atomic mass is 16.5. The average Bonchev–Trinajstić information content (AvgIpc) is 3.14. The minimum Gasteiger partial charge on any atom is -0.361 e. The summed E-state index contributed by atoms with van der Waals surface area (Å²) in [6.45, 7) is 7.89. The Kier molecular flexibility index (Phi) is 3.56. The highest BCUT2D eigenvalue weighted by Gasteiger charge is 2.20. The van der Waals surface area contributed by atoms with E-state index < -0.39 is 0 Å². The molecule has 0 aliphatic carbocycles. The fourth-order valence-corrected chi connectivity index (χ4v) is 2.60. The van der Waals surface area contributed by atoms with Crippen LogP contribution < -0.4 is 0 Å². The molecule has 0 aliphatic rings. The van der Waals surface area contributed by atoms with Gasteiger partial charge in [0.15, 0.2) is 0 Å². The summed E-state index contributed by atoms with van der Waals surface area (Å²) in [7, 11) is 1.93. The molecular weight excluding hydrogens is 282 g/mol. The van der Waals surface area contributed by atoms with Crippen LogP contribution in [-0.2, 0) is 19.9 Å². The van der Waals surface area contributed by atoms with Crippen LogP contribution in [0.2, 0.25) is 0 Å². The lowest BCUT2D eigenvalue weighted by Gasteiger charge is -1.97. The fourth-order valence-electron chi connectivity index (χ4n) is 2.60. The normalized spacial score (nSPS) is 11.3. The van der Waals surface area contributed by atoms with E-state index in [0.717, 1.165) is 34.6 Å². The standard InChI is InChI=1S/C15H19N5O2/c1-6-12-14(10(4)21-18-12)15-16-13(22-19-15)7-11-8(2)17-20(5)9(11)3/h6-7H2,1-5H3. The molecule has 0 radical (unpaired) electrons. The molecule has 7 nitrogen and oxygen atoms in total. The number of aromatic nitrogens is 5. The molecule has 0 unspecified atom stereocenters. The predicted octanol–water partition coefficient (Wildman–Crippen LogP) is 2.54. The molecule has 0 aromatic carbocycles. The lowest BCUT2D eigenvalue weighted by Crippen LogP contribution is -1.95. The van der Waals surface area contributed by atoms with Gasteiger partial charge in [-0.15, -0.1) is 0 Å². The molecule has 3 rings (SSSR count). The topological polar surface area (TPSA) is 82.8 Å². The van der Waals surface area contributed by atoms with Crippen molar-refractivity contribution < 1.29 is 9.05 Å². The second-order valence-corrected chi connectivity index (χ2v) is 5.38. The summed E-state index contributed by atoms with van der Waals surface area (Å²) in [5, 5.41) is 12.5. The zero-order valence-electron chi connectivity index (χ0n) is 13.5. The van der Waals surface area contributed by atoms with Crippen molar-refractivity contribution in [1.82, 2.24) is 25.1 Å². The Hall–Kier alpha value is -2.44. The predicted molar refractivity (Wildman–Crippen MR) is 79.4 cm³/mol. The molecule has 3 aromatic heterocycles. The van der Waals surface area contributed by atoms with Crippen molar-refractivity contribution in [2.45, 2.75) is 40.5 Å².